The number of nitrogens with zero attached hydrogens (tertiary/aromatic N) is 3. The molecule has 84 valence electrons. The molecule has 0 spiro atoms. The summed E-state index contributed by atoms with van der Waals surface area (Å²) in [6, 6.07) is 0.0890. The number of nitrogens with one attached hydrogen (secondary N) is 1. The Bertz CT molecular complexity index is 485. The molecule has 0 aromatic carbocycles. The van der Waals surface area contributed by atoms with E-state index in [1.807, 2.05) is 19.2 Å². The monoisotopic (exact) mass is 254 g/mol. The summed E-state index contributed by atoms with van der Waals surface area (Å²) >= 11 is 7.58. The highest BCUT2D eigenvalue weighted by atomic mass is 35.5. The summed E-state index contributed by atoms with van der Waals surface area (Å²) < 4.78 is 0. The minimum absolute atomic E-state index is 0.0890. The van der Waals surface area contributed by atoms with Crippen molar-refractivity contribution in [3.8, 4) is 0 Å². The zero-order valence-electron chi connectivity index (χ0n) is 8.94. The van der Waals surface area contributed by atoms with Gasteiger partial charge in [0.2, 0.25) is 0 Å². The van der Waals surface area contributed by atoms with Gasteiger partial charge in [0.1, 0.15) is 22.2 Å². The molecule has 0 aliphatic heterocycles. The second-order valence-electron chi connectivity index (χ2n) is 3.41. The van der Waals surface area contributed by atoms with E-state index >= 15 is 0 Å². The number of anilines is 1. The third-order valence-corrected chi connectivity index (χ3v) is 3.45. The van der Waals surface area contributed by atoms with E-state index < -0.39 is 0 Å². The fraction of sp³-hybridized carbons (Fsp3) is 0.300. The fourth-order valence-corrected chi connectivity index (χ4v) is 2.22. The van der Waals surface area contributed by atoms with Gasteiger partial charge in [0.25, 0.3) is 0 Å². The standard InChI is InChI=1S/C10H11ClN4S/c1-6-4-16-10(14-6)7(2)15-9-8(11)3-12-5-13-9/h3-5,7H,1-2H3,(H,12,13,15). The van der Waals surface area contributed by atoms with Crippen LogP contribution in [-0.2, 0) is 0 Å². The largest absolute Gasteiger partial charge is 0.360 e. The zero-order valence-corrected chi connectivity index (χ0v) is 10.5. The topological polar surface area (TPSA) is 50.7 Å². The lowest BCUT2D eigenvalue weighted by atomic mass is 10.3. The molecule has 0 aliphatic rings. The van der Waals surface area contributed by atoms with Crippen LogP contribution >= 0.6 is 22.9 Å². The van der Waals surface area contributed by atoms with E-state index in [0.29, 0.717) is 10.8 Å². The van der Waals surface area contributed by atoms with Gasteiger partial charge < -0.3 is 5.32 Å². The first-order chi connectivity index (χ1) is 7.66. The minimum Gasteiger partial charge on any atom is -0.360 e. The maximum absolute atomic E-state index is 5.96. The van der Waals surface area contributed by atoms with Gasteiger partial charge in [-0.3, -0.25) is 0 Å². The van der Waals surface area contributed by atoms with Crippen LogP contribution in [0, 0.1) is 6.92 Å². The van der Waals surface area contributed by atoms with Gasteiger partial charge >= 0.3 is 0 Å². The lowest BCUT2D eigenvalue weighted by Crippen LogP contribution is -2.08. The Balaban J connectivity index is 2.13. The lowest BCUT2D eigenvalue weighted by molar-refractivity contribution is 0.853. The molecular weight excluding hydrogens is 244 g/mol. The third-order valence-electron chi connectivity index (χ3n) is 2.03. The molecule has 0 amide bonds. The van der Waals surface area contributed by atoms with Gasteiger partial charge in [-0.2, -0.15) is 0 Å². The smallest absolute Gasteiger partial charge is 0.148 e. The molecule has 4 nitrogen and oxygen atoms in total. The van der Waals surface area contributed by atoms with E-state index in [4.69, 9.17) is 11.6 Å². The number of halogens is 1. The van der Waals surface area contributed by atoms with Crippen LogP contribution in [-0.4, -0.2) is 15.0 Å². The highest BCUT2D eigenvalue weighted by Crippen LogP contribution is 2.24. The summed E-state index contributed by atoms with van der Waals surface area (Å²) in [4.78, 5) is 12.3. The number of hydrogen-bond donors (Lipinski definition) is 1. The molecule has 1 unspecified atom stereocenters. The second-order valence-corrected chi connectivity index (χ2v) is 4.71. The van der Waals surface area contributed by atoms with Crippen molar-refractivity contribution in [2.75, 3.05) is 5.32 Å². The second kappa shape index (κ2) is 4.76. The maximum Gasteiger partial charge on any atom is 0.148 e. The van der Waals surface area contributed by atoms with E-state index in [1.54, 1.807) is 17.5 Å². The first-order valence-corrected chi connectivity index (χ1v) is 6.06. The van der Waals surface area contributed by atoms with E-state index in [-0.39, 0.29) is 6.04 Å². The highest BCUT2D eigenvalue weighted by Gasteiger charge is 2.11. The summed E-state index contributed by atoms with van der Waals surface area (Å²) in [5.41, 5.74) is 1.03. The van der Waals surface area contributed by atoms with E-state index in [2.05, 4.69) is 20.3 Å². The van der Waals surface area contributed by atoms with E-state index in [9.17, 15) is 0 Å². The molecule has 0 aliphatic carbocycles. The predicted octanol–water partition coefficient (Wildman–Crippen LogP) is 3.07. The molecule has 2 aromatic rings. The molecule has 0 saturated heterocycles. The van der Waals surface area contributed by atoms with Crippen LogP contribution in [0.25, 0.3) is 0 Å². The van der Waals surface area contributed by atoms with Crippen LogP contribution in [0.2, 0.25) is 5.02 Å². The van der Waals surface area contributed by atoms with E-state index in [0.717, 1.165) is 10.7 Å². The van der Waals surface area contributed by atoms with Crippen LogP contribution in [0.15, 0.2) is 17.9 Å². The average molecular weight is 255 g/mol. The minimum atomic E-state index is 0.0890. The van der Waals surface area contributed by atoms with Crippen molar-refractivity contribution in [2.24, 2.45) is 0 Å². The molecule has 0 saturated carbocycles. The quantitative estimate of drug-likeness (QED) is 0.915. The SMILES string of the molecule is Cc1csc(C(C)Nc2ncncc2Cl)n1. The van der Waals surface area contributed by atoms with Gasteiger partial charge in [-0.05, 0) is 13.8 Å². The number of hydrogen-bond acceptors (Lipinski definition) is 5. The van der Waals surface area contributed by atoms with Gasteiger partial charge in [0, 0.05) is 11.1 Å². The summed E-state index contributed by atoms with van der Waals surface area (Å²) in [5, 5.41) is 6.76. The Kier molecular flexibility index (Phi) is 3.36. The number of rotatable bonds is 3. The first-order valence-electron chi connectivity index (χ1n) is 4.81. The average Bonchev–Trinajstić information content (AvgIpc) is 2.68. The van der Waals surface area contributed by atoms with Gasteiger partial charge in [0.05, 0.1) is 12.2 Å². The van der Waals surface area contributed by atoms with Gasteiger partial charge in [0.15, 0.2) is 0 Å². The molecular formula is C10H11ClN4S. The summed E-state index contributed by atoms with van der Waals surface area (Å²) in [6.07, 6.45) is 3.03. The molecule has 2 rings (SSSR count). The number of aromatic nitrogens is 3. The Morgan fingerprint density at radius 3 is 2.94 bits per heavy atom. The van der Waals surface area contributed by atoms with Gasteiger partial charge in [-0.15, -0.1) is 11.3 Å². The Labute approximate surface area is 103 Å². The van der Waals surface area contributed by atoms with Crippen LogP contribution in [0.4, 0.5) is 5.82 Å². The van der Waals surface area contributed by atoms with Crippen molar-refractivity contribution >= 4 is 28.8 Å². The predicted molar refractivity (Wildman–Crippen MR) is 65.9 cm³/mol. The van der Waals surface area contributed by atoms with Crippen LogP contribution in [0.1, 0.15) is 23.7 Å². The first kappa shape index (κ1) is 11.3. The molecule has 0 bridgehead atoms. The summed E-state index contributed by atoms with van der Waals surface area (Å²) in [6.45, 7) is 4.00. The molecule has 2 heterocycles. The van der Waals surface area contributed by atoms with Gasteiger partial charge in [-0.1, -0.05) is 11.6 Å². The normalized spacial score (nSPS) is 12.4. The maximum atomic E-state index is 5.96. The number of thiazole rings is 1. The molecule has 16 heavy (non-hydrogen) atoms. The van der Waals surface area contributed by atoms with Crippen molar-refractivity contribution in [1.29, 1.82) is 0 Å². The molecule has 0 fully saturated rings. The Morgan fingerprint density at radius 1 is 1.50 bits per heavy atom. The number of aryl methyl sites for hydroxylation is 1. The lowest BCUT2D eigenvalue weighted by Gasteiger charge is -2.12. The van der Waals surface area contributed by atoms with E-state index in [1.165, 1.54) is 6.33 Å². The van der Waals surface area contributed by atoms with Crippen molar-refractivity contribution < 1.29 is 0 Å². The van der Waals surface area contributed by atoms with Crippen LogP contribution in [0.3, 0.4) is 0 Å². The van der Waals surface area contributed by atoms with Crippen molar-refractivity contribution in [2.45, 2.75) is 19.9 Å². The zero-order chi connectivity index (χ0) is 11.5. The Morgan fingerprint density at radius 2 is 2.31 bits per heavy atom. The van der Waals surface area contributed by atoms with Crippen molar-refractivity contribution in [3.05, 3.63) is 33.6 Å². The molecule has 1 N–H and O–H groups in total. The molecule has 0 radical (unpaired) electrons. The molecule has 6 heteroatoms. The summed E-state index contributed by atoms with van der Waals surface area (Å²) in [7, 11) is 0. The fourth-order valence-electron chi connectivity index (χ4n) is 1.26. The van der Waals surface area contributed by atoms with Crippen LogP contribution in [0.5, 0.6) is 0 Å². The van der Waals surface area contributed by atoms with Crippen molar-refractivity contribution in [3.63, 3.8) is 0 Å². The molecule has 2 aromatic heterocycles. The van der Waals surface area contributed by atoms with Crippen molar-refractivity contribution in [1.82, 2.24) is 15.0 Å². The summed E-state index contributed by atoms with van der Waals surface area (Å²) in [5.74, 6) is 0.636. The van der Waals surface area contributed by atoms with Crippen LogP contribution < -0.4 is 5.32 Å². The third kappa shape index (κ3) is 2.48. The Hall–Kier alpha value is -1.20. The highest BCUT2D eigenvalue weighted by molar-refractivity contribution is 7.09. The molecule has 1 atom stereocenters. The van der Waals surface area contributed by atoms with Gasteiger partial charge in [-0.25, -0.2) is 15.0 Å².